The average molecular weight is 423 g/mol. The zero-order valence-corrected chi connectivity index (χ0v) is 17.4. The highest BCUT2D eigenvalue weighted by atomic mass is 32.1. The third-order valence-electron chi connectivity index (χ3n) is 4.46. The van der Waals surface area contributed by atoms with Crippen molar-refractivity contribution in [3.05, 3.63) is 65.1 Å². The maximum absolute atomic E-state index is 12.7. The van der Waals surface area contributed by atoms with Crippen molar-refractivity contribution < 1.29 is 14.7 Å². The highest BCUT2D eigenvalue weighted by molar-refractivity contribution is 7.17. The molecule has 0 spiro atoms. The van der Waals surface area contributed by atoms with Crippen LogP contribution in [0.5, 0.6) is 0 Å². The molecular weight excluding hydrogens is 402 g/mol. The van der Waals surface area contributed by atoms with E-state index < -0.39 is 0 Å². The third-order valence-corrected chi connectivity index (χ3v) is 5.37. The molecule has 9 heteroatoms. The Balaban J connectivity index is 0.000000806. The molecule has 0 aliphatic rings. The Bertz CT molecular complexity index is 1120. The third kappa shape index (κ3) is 4.87. The van der Waals surface area contributed by atoms with Crippen LogP contribution < -0.4 is 0 Å². The number of carboxylic acid groups (broad SMARTS) is 1. The minimum atomic E-state index is -0.250. The summed E-state index contributed by atoms with van der Waals surface area (Å²) in [6.45, 7) is 2.29. The lowest BCUT2D eigenvalue weighted by Crippen LogP contribution is -2.28. The number of nitrogens with zero attached hydrogens (tertiary/aromatic N) is 4. The number of carbonyl (C=O) groups excluding carboxylic acids is 1. The Morgan fingerprint density at radius 2 is 1.97 bits per heavy atom. The number of aromatic nitrogens is 4. The van der Waals surface area contributed by atoms with Gasteiger partial charge in [0.15, 0.2) is 0 Å². The summed E-state index contributed by atoms with van der Waals surface area (Å²) in [5.74, 6) is 0.750. The van der Waals surface area contributed by atoms with Crippen molar-refractivity contribution in [3.63, 3.8) is 0 Å². The molecule has 8 nitrogen and oxygen atoms in total. The smallest absolute Gasteiger partial charge is 0.290 e. The van der Waals surface area contributed by atoms with Crippen molar-refractivity contribution in [1.29, 1.82) is 0 Å². The quantitative estimate of drug-likeness (QED) is 0.476. The molecule has 0 aliphatic heterocycles. The highest BCUT2D eigenvalue weighted by Crippen LogP contribution is 2.30. The average Bonchev–Trinajstić information content (AvgIpc) is 3.43. The molecule has 3 heterocycles. The lowest BCUT2D eigenvalue weighted by molar-refractivity contribution is -0.122. The number of aryl methyl sites for hydroxylation is 1. The van der Waals surface area contributed by atoms with E-state index in [2.05, 4.69) is 20.2 Å². The molecule has 0 saturated heterocycles. The van der Waals surface area contributed by atoms with E-state index in [9.17, 15) is 4.79 Å². The lowest BCUT2D eigenvalue weighted by Gasteiger charge is -2.17. The molecule has 1 amide bonds. The number of thiophene rings is 1. The first-order chi connectivity index (χ1) is 14.5. The Morgan fingerprint density at radius 1 is 1.23 bits per heavy atom. The molecule has 0 atom stereocenters. The van der Waals surface area contributed by atoms with Crippen molar-refractivity contribution in [2.75, 3.05) is 13.6 Å². The van der Waals surface area contributed by atoms with Crippen LogP contribution in [0.15, 0.2) is 48.1 Å². The molecule has 1 aromatic carbocycles. The monoisotopic (exact) mass is 423 g/mol. The van der Waals surface area contributed by atoms with Crippen LogP contribution in [0.3, 0.4) is 0 Å². The van der Waals surface area contributed by atoms with E-state index in [1.807, 2.05) is 55.9 Å². The van der Waals surface area contributed by atoms with E-state index in [-0.39, 0.29) is 12.4 Å². The second-order valence-electron chi connectivity index (χ2n) is 6.52. The zero-order valence-electron chi connectivity index (χ0n) is 16.6. The standard InChI is InChI=1S/C20H19N5OS.CH2O2/c1-13-23-17-8-10-27-19(17)18(24-13)15-3-5-16(6-4-15)20(26)25(2)9-7-14-11-21-22-12-14;2-1-3/h3-6,8,10-12H,7,9H2,1-2H3,(H,21,22);1H,(H,2,3). The van der Waals surface area contributed by atoms with Crippen LogP contribution in [0.25, 0.3) is 21.5 Å². The number of fused-ring (bicyclic) bond motifs is 1. The molecule has 0 fully saturated rings. The number of amides is 1. The van der Waals surface area contributed by atoms with Crippen molar-refractivity contribution in [2.45, 2.75) is 13.3 Å². The molecule has 0 aliphatic carbocycles. The first kappa shape index (κ1) is 21.1. The van der Waals surface area contributed by atoms with E-state index in [4.69, 9.17) is 9.90 Å². The number of nitrogens with one attached hydrogen (secondary N) is 1. The maximum atomic E-state index is 12.7. The number of carbonyl (C=O) groups is 2. The molecule has 30 heavy (non-hydrogen) atoms. The van der Waals surface area contributed by atoms with Crippen molar-refractivity contribution >= 4 is 33.9 Å². The molecule has 4 aromatic rings. The Hall–Kier alpha value is -3.59. The van der Waals surface area contributed by atoms with E-state index in [0.717, 1.165) is 39.3 Å². The van der Waals surface area contributed by atoms with Gasteiger partial charge in [0, 0.05) is 30.9 Å². The number of likely N-dealkylation sites (N-methyl/N-ethyl adjacent to an activating group) is 1. The molecular formula is C21H21N5O3S. The van der Waals surface area contributed by atoms with Gasteiger partial charge in [0.2, 0.25) is 0 Å². The SMILES string of the molecule is Cc1nc(-c2ccc(C(=O)N(C)CCc3cn[nH]c3)cc2)c2sccc2n1.O=CO. The summed E-state index contributed by atoms with van der Waals surface area (Å²) in [5.41, 5.74) is 4.62. The van der Waals surface area contributed by atoms with E-state index in [1.165, 1.54) is 0 Å². The maximum Gasteiger partial charge on any atom is 0.290 e. The summed E-state index contributed by atoms with van der Waals surface area (Å²) in [6, 6.07) is 9.65. The van der Waals surface area contributed by atoms with Gasteiger partial charge < -0.3 is 10.0 Å². The summed E-state index contributed by atoms with van der Waals surface area (Å²) in [6.07, 6.45) is 4.40. The summed E-state index contributed by atoms with van der Waals surface area (Å²) in [7, 11) is 1.82. The summed E-state index contributed by atoms with van der Waals surface area (Å²) in [5, 5.41) is 15.6. The normalized spacial score (nSPS) is 10.3. The van der Waals surface area contributed by atoms with E-state index >= 15 is 0 Å². The van der Waals surface area contributed by atoms with Crippen LogP contribution in [0.4, 0.5) is 0 Å². The van der Waals surface area contributed by atoms with Gasteiger partial charge in [-0.2, -0.15) is 5.10 Å². The van der Waals surface area contributed by atoms with Crippen LogP contribution in [-0.2, 0) is 11.2 Å². The Kier molecular flexibility index (Phi) is 6.87. The Morgan fingerprint density at radius 3 is 2.63 bits per heavy atom. The fourth-order valence-electron chi connectivity index (χ4n) is 2.98. The summed E-state index contributed by atoms with van der Waals surface area (Å²) < 4.78 is 1.07. The van der Waals surface area contributed by atoms with Crippen LogP contribution in [0, 0.1) is 6.92 Å². The number of benzene rings is 1. The Labute approximate surface area is 177 Å². The van der Waals surface area contributed by atoms with Crippen molar-refractivity contribution in [1.82, 2.24) is 25.1 Å². The first-order valence-corrected chi connectivity index (χ1v) is 10.0. The van der Waals surface area contributed by atoms with Gasteiger partial charge in [-0.05, 0) is 42.5 Å². The minimum absolute atomic E-state index is 0.00480. The van der Waals surface area contributed by atoms with Crippen LogP contribution in [-0.4, -0.2) is 56.1 Å². The molecule has 0 unspecified atom stereocenters. The fourth-order valence-corrected chi connectivity index (χ4v) is 3.82. The van der Waals surface area contributed by atoms with Gasteiger partial charge in [0.1, 0.15) is 5.82 Å². The largest absolute Gasteiger partial charge is 0.483 e. The number of H-pyrrole nitrogens is 1. The van der Waals surface area contributed by atoms with Crippen molar-refractivity contribution in [2.24, 2.45) is 0 Å². The molecule has 0 radical (unpaired) electrons. The molecule has 4 rings (SSSR count). The van der Waals surface area contributed by atoms with Gasteiger partial charge in [-0.25, -0.2) is 9.97 Å². The second kappa shape index (κ2) is 9.75. The van der Waals surface area contributed by atoms with Crippen LogP contribution in [0.2, 0.25) is 0 Å². The van der Waals surface area contributed by atoms with Gasteiger partial charge >= 0.3 is 0 Å². The van der Waals surface area contributed by atoms with Gasteiger partial charge in [0.25, 0.3) is 12.4 Å². The predicted octanol–water partition coefficient (Wildman–Crippen LogP) is 3.41. The summed E-state index contributed by atoms with van der Waals surface area (Å²) >= 11 is 1.63. The first-order valence-electron chi connectivity index (χ1n) is 9.16. The van der Waals surface area contributed by atoms with Crippen LogP contribution in [0.1, 0.15) is 21.7 Å². The molecule has 3 aromatic heterocycles. The molecule has 0 bridgehead atoms. The number of rotatable bonds is 5. The summed E-state index contributed by atoms with van der Waals surface area (Å²) in [4.78, 5) is 31.8. The van der Waals surface area contributed by atoms with Crippen LogP contribution >= 0.6 is 11.3 Å². The van der Waals surface area contributed by atoms with Gasteiger partial charge in [-0.15, -0.1) is 11.3 Å². The minimum Gasteiger partial charge on any atom is -0.483 e. The van der Waals surface area contributed by atoms with Gasteiger partial charge in [0.05, 0.1) is 22.1 Å². The molecule has 0 saturated carbocycles. The molecule has 2 N–H and O–H groups in total. The van der Waals surface area contributed by atoms with Gasteiger partial charge in [-0.1, -0.05) is 12.1 Å². The topological polar surface area (TPSA) is 112 Å². The van der Waals surface area contributed by atoms with E-state index in [0.29, 0.717) is 12.1 Å². The fraction of sp³-hybridized carbons (Fsp3) is 0.190. The number of hydrogen-bond donors (Lipinski definition) is 2. The molecule has 154 valence electrons. The van der Waals surface area contributed by atoms with Crippen molar-refractivity contribution in [3.8, 4) is 11.3 Å². The highest BCUT2D eigenvalue weighted by Gasteiger charge is 2.14. The number of hydrogen-bond acceptors (Lipinski definition) is 6. The predicted molar refractivity (Wildman–Crippen MR) is 116 cm³/mol. The second-order valence-corrected chi connectivity index (χ2v) is 7.44. The number of aromatic amines is 1. The lowest BCUT2D eigenvalue weighted by atomic mass is 10.1. The zero-order chi connectivity index (χ0) is 21.5. The van der Waals surface area contributed by atoms with Gasteiger partial charge in [-0.3, -0.25) is 14.7 Å². The van der Waals surface area contributed by atoms with E-state index in [1.54, 1.807) is 22.4 Å².